The summed E-state index contributed by atoms with van der Waals surface area (Å²) in [7, 11) is 0. The standard InChI is InChI=1S/C17H19ClF3N3S/c1-9-3-4-10(2)24(9)8-14-15(23-16(22)25-14)11-5-6-13(18)12(7-11)17(19,20)21/h5-7,9-10H,3-4,8H2,1-2H3,(H2,22,23)/t9-,10-/m1/s1. The van der Waals surface area contributed by atoms with Crippen molar-refractivity contribution in [2.75, 3.05) is 5.73 Å². The third-order valence-corrected chi connectivity index (χ3v) is 5.92. The molecule has 3 rings (SSSR count). The molecule has 2 atom stereocenters. The fourth-order valence-corrected chi connectivity index (χ4v) is 4.41. The number of alkyl halides is 3. The maximum atomic E-state index is 13.1. The average Bonchev–Trinajstić information content (AvgIpc) is 3.04. The molecule has 3 nitrogen and oxygen atoms in total. The lowest BCUT2D eigenvalue weighted by Crippen LogP contribution is -2.31. The van der Waals surface area contributed by atoms with Crippen LogP contribution in [0.4, 0.5) is 18.3 Å². The van der Waals surface area contributed by atoms with E-state index in [1.165, 1.54) is 17.4 Å². The number of likely N-dealkylation sites (tertiary alicyclic amines) is 1. The van der Waals surface area contributed by atoms with Gasteiger partial charge in [-0.3, -0.25) is 4.90 Å². The van der Waals surface area contributed by atoms with Crippen molar-refractivity contribution in [1.29, 1.82) is 0 Å². The molecule has 0 spiro atoms. The van der Waals surface area contributed by atoms with Gasteiger partial charge in [-0.25, -0.2) is 4.98 Å². The van der Waals surface area contributed by atoms with Gasteiger partial charge in [0.15, 0.2) is 5.13 Å². The van der Waals surface area contributed by atoms with Gasteiger partial charge < -0.3 is 5.73 Å². The normalized spacial score (nSPS) is 21.8. The Kier molecular flexibility index (Phi) is 5.01. The summed E-state index contributed by atoms with van der Waals surface area (Å²) in [6.07, 6.45) is -2.28. The van der Waals surface area contributed by atoms with Crippen molar-refractivity contribution in [3.8, 4) is 11.3 Å². The van der Waals surface area contributed by atoms with Gasteiger partial charge >= 0.3 is 6.18 Å². The summed E-state index contributed by atoms with van der Waals surface area (Å²) in [6, 6.07) is 4.74. The molecule has 2 heterocycles. The van der Waals surface area contributed by atoms with E-state index in [2.05, 4.69) is 23.7 Å². The minimum absolute atomic E-state index is 0.317. The van der Waals surface area contributed by atoms with Crippen LogP contribution in [0.15, 0.2) is 18.2 Å². The molecule has 1 saturated heterocycles. The molecule has 0 saturated carbocycles. The monoisotopic (exact) mass is 389 g/mol. The Labute approximate surface area is 153 Å². The van der Waals surface area contributed by atoms with Crippen LogP contribution in [0.2, 0.25) is 5.02 Å². The summed E-state index contributed by atoms with van der Waals surface area (Å²) in [5.41, 5.74) is 5.90. The number of nitrogens with zero attached hydrogens (tertiary/aromatic N) is 2. The second kappa shape index (κ2) is 6.78. The highest BCUT2D eigenvalue weighted by molar-refractivity contribution is 7.15. The molecule has 2 N–H and O–H groups in total. The number of benzene rings is 1. The Morgan fingerprint density at radius 2 is 1.92 bits per heavy atom. The zero-order valence-electron chi connectivity index (χ0n) is 13.9. The van der Waals surface area contributed by atoms with Gasteiger partial charge in [-0.05, 0) is 38.8 Å². The molecule has 136 valence electrons. The second-order valence-electron chi connectivity index (χ2n) is 6.46. The maximum absolute atomic E-state index is 13.1. The molecule has 1 fully saturated rings. The molecular formula is C17H19ClF3N3S. The Morgan fingerprint density at radius 1 is 1.28 bits per heavy atom. The third kappa shape index (κ3) is 3.78. The van der Waals surface area contributed by atoms with E-state index in [0.29, 0.717) is 35.0 Å². The molecule has 1 aliphatic rings. The van der Waals surface area contributed by atoms with Crippen molar-refractivity contribution in [2.45, 2.75) is 51.5 Å². The van der Waals surface area contributed by atoms with Gasteiger partial charge in [0.05, 0.1) is 16.3 Å². The zero-order chi connectivity index (χ0) is 18.4. The van der Waals surface area contributed by atoms with Crippen LogP contribution >= 0.6 is 22.9 Å². The SMILES string of the molecule is C[C@@H]1CC[C@@H](C)N1Cc1sc(N)nc1-c1ccc(Cl)c(C(F)(F)F)c1. The smallest absolute Gasteiger partial charge is 0.375 e. The van der Waals surface area contributed by atoms with Crippen molar-refractivity contribution in [1.82, 2.24) is 9.88 Å². The molecule has 1 aliphatic heterocycles. The van der Waals surface area contributed by atoms with Gasteiger partial charge in [-0.1, -0.05) is 17.7 Å². The van der Waals surface area contributed by atoms with Crippen LogP contribution < -0.4 is 5.73 Å². The molecule has 0 bridgehead atoms. The number of thiazole rings is 1. The molecule has 8 heteroatoms. The summed E-state index contributed by atoms with van der Waals surface area (Å²) in [4.78, 5) is 7.51. The lowest BCUT2D eigenvalue weighted by atomic mass is 10.1. The van der Waals surface area contributed by atoms with Crippen molar-refractivity contribution in [3.63, 3.8) is 0 Å². The van der Waals surface area contributed by atoms with E-state index in [-0.39, 0.29) is 5.02 Å². The minimum atomic E-state index is -4.51. The first-order chi connectivity index (χ1) is 11.7. The molecular weight excluding hydrogens is 371 g/mol. The van der Waals surface area contributed by atoms with Gasteiger partial charge in [-0.15, -0.1) is 11.3 Å². The lowest BCUT2D eigenvalue weighted by Gasteiger charge is -2.25. The molecule has 0 amide bonds. The fourth-order valence-electron chi connectivity index (χ4n) is 3.32. The topological polar surface area (TPSA) is 42.1 Å². The van der Waals surface area contributed by atoms with Crippen LogP contribution in [0.5, 0.6) is 0 Å². The Balaban J connectivity index is 1.99. The maximum Gasteiger partial charge on any atom is 0.417 e. The van der Waals surface area contributed by atoms with Gasteiger partial charge in [-0.2, -0.15) is 13.2 Å². The Bertz CT molecular complexity index is 765. The number of aromatic nitrogens is 1. The molecule has 0 unspecified atom stereocenters. The summed E-state index contributed by atoms with van der Waals surface area (Å²) in [6.45, 7) is 4.96. The van der Waals surface area contributed by atoms with Gasteiger partial charge in [0, 0.05) is 29.1 Å². The van der Waals surface area contributed by atoms with Crippen molar-refractivity contribution in [2.24, 2.45) is 0 Å². The van der Waals surface area contributed by atoms with E-state index < -0.39 is 11.7 Å². The number of nitrogens with two attached hydrogens (primary N) is 1. The van der Waals surface area contributed by atoms with Crippen LogP contribution in [-0.2, 0) is 12.7 Å². The van der Waals surface area contributed by atoms with Crippen molar-refractivity contribution >= 4 is 28.1 Å². The van der Waals surface area contributed by atoms with Gasteiger partial charge in [0.1, 0.15) is 0 Å². The molecule has 2 aromatic rings. The molecule has 0 aliphatic carbocycles. The molecule has 1 aromatic heterocycles. The predicted octanol–water partition coefficient (Wildman–Crippen LogP) is 5.44. The zero-order valence-corrected chi connectivity index (χ0v) is 15.5. The summed E-state index contributed by atoms with van der Waals surface area (Å²) in [5, 5.41) is 0.0378. The van der Waals surface area contributed by atoms with Gasteiger partial charge in [0.2, 0.25) is 0 Å². The minimum Gasteiger partial charge on any atom is -0.375 e. The van der Waals surface area contributed by atoms with E-state index in [1.807, 2.05) is 0 Å². The third-order valence-electron chi connectivity index (χ3n) is 4.72. The molecule has 25 heavy (non-hydrogen) atoms. The van der Waals surface area contributed by atoms with E-state index >= 15 is 0 Å². The first kappa shape index (κ1) is 18.5. The average molecular weight is 390 g/mol. The van der Waals surface area contributed by atoms with E-state index in [9.17, 15) is 13.2 Å². The van der Waals surface area contributed by atoms with Crippen LogP contribution in [0.1, 0.15) is 37.1 Å². The Hall–Kier alpha value is -1.31. The highest BCUT2D eigenvalue weighted by Gasteiger charge is 2.34. The summed E-state index contributed by atoms with van der Waals surface area (Å²) < 4.78 is 39.4. The number of hydrogen-bond donors (Lipinski definition) is 1. The van der Waals surface area contributed by atoms with Gasteiger partial charge in [0.25, 0.3) is 0 Å². The second-order valence-corrected chi connectivity index (χ2v) is 7.99. The van der Waals surface area contributed by atoms with Crippen molar-refractivity contribution in [3.05, 3.63) is 33.7 Å². The number of halogens is 4. The van der Waals surface area contributed by atoms with E-state index in [0.717, 1.165) is 23.8 Å². The largest absolute Gasteiger partial charge is 0.417 e. The summed E-state index contributed by atoms with van der Waals surface area (Å²) >= 11 is 7.05. The number of nitrogen functional groups attached to an aromatic ring is 1. The van der Waals surface area contributed by atoms with E-state index in [1.54, 1.807) is 6.07 Å². The van der Waals surface area contributed by atoms with Crippen LogP contribution in [-0.4, -0.2) is 22.0 Å². The first-order valence-corrected chi connectivity index (χ1v) is 9.24. The predicted molar refractivity (Wildman–Crippen MR) is 95.7 cm³/mol. The summed E-state index contributed by atoms with van der Waals surface area (Å²) in [5.74, 6) is 0. The fraction of sp³-hybridized carbons (Fsp3) is 0.471. The Morgan fingerprint density at radius 3 is 2.52 bits per heavy atom. The van der Waals surface area contributed by atoms with Crippen LogP contribution in [0, 0.1) is 0 Å². The lowest BCUT2D eigenvalue weighted by molar-refractivity contribution is -0.137. The number of anilines is 1. The van der Waals surface area contributed by atoms with Crippen LogP contribution in [0.25, 0.3) is 11.3 Å². The quantitative estimate of drug-likeness (QED) is 0.760. The first-order valence-electron chi connectivity index (χ1n) is 8.05. The number of rotatable bonds is 3. The highest BCUT2D eigenvalue weighted by atomic mass is 35.5. The number of hydrogen-bond acceptors (Lipinski definition) is 4. The highest BCUT2D eigenvalue weighted by Crippen LogP contribution is 2.39. The van der Waals surface area contributed by atoms with Crippen molar-refractivity contribution < 1.29 is 13.2 Å². The molecule has 1 aromatic carbocycles. The van der Waals surface area contributed by atoms with E-state index in [4.69, 9.17) is 17.3 Å². The van der Waals surface area contributed by atoms with Crippen LogP contribution in [0.3, 0.4) is 0 Å². The molecule has 0 radical (unpaired) electrons.